The number of anilines is 1. The molecule has 3 aliphatic rings. The zero-order chi connectivity index (χ0) is 29.9. The number of fused-ring (bicyclic) bond motifs is 1. The van der Waals surface area contributed by atoms with Crippen molar-refractivity contribution >= 4 is 23.4 Å². The first-order valence-electron chi connectivity index (χ1n) is 15.2. The molecule has 8 heteroatoms. The maximum atomic E-state index is 14.6. The highest BCUT2D eigenvalue weighted by Crippen LogP contribution is 2.64. The number of nitrogens with zero attached hydrogens (tertiary/aromatic N) is 3. The lowest BCUT2D eigenvalue weighted by molar-refractivity contribution is -0.156. The molecule has 4 rings (SSSR count). The van der Waals surface area contributed by atoms with Crippen LogP contribution in [-0.2, 0) is 19.1 Å². The molecule has 3 fully saturated rings. The highest BCUT2D eigenvalue weighted by molar-refractivity contribution is 6.03. The molecule has 3 heterocycles. The molecule has 3 aliphatic heterocycles. The molecule has 8 nitrogen and oxygen atoms in total. The molecule has 2 bridgehead atoms. The van der Waals surface area contributed by atoms with Gasteiger partial charge in [0.1, 0.15) is 11.6 Å². The fourth-order valence-corrected chi connectivity index (χ4v) is 7.39. The van der Waals surface area contributed by atoms with Crippen LogP contribution in [0.4, 0.5) is 5.69 Å². The van der Waals surface area contributed by atoms with Crippen LogP contribution in [0.5, 0.6) is 0 Å². The van der Waals surface area contributed by atoms with E-state index in [4.69, 9.17) is 4.74 Å². The molecule has 1 spiro atoms. The standard InChI is InChI=1S/C33H47N3O5/c1-7-11-21-34(19-8-2)31(40)28-33-18-17-32(6,41-33)26(27(33)30(39)36(28)25(22-37)23(5)10-4)29(38)35(20-9-3)24-15-13-12-14-16-24/h8-9,12-16,23,25-28,37H,2-3,7,10-11,17-22H2,1,4-6H3/t23-,25-,26+,27-,28?,32-,33?/m0/s1. The molecule has 1 N–H and O–H groups in total. The quantitative estimate of drug-likeness (QED) is 0.342. The molecule has 41 heavy (non-hydrogen) atoms. The molecule has 7 atom stereocenters. The summed E-state index contributed by atoms with van der Waals surface area (Å²) in [7, 11) is 0. The number of likely N-dealkylation sites (tertiary alicyclic amines) is 1. The summed E-state index contributed by atoms with van der Waals surface area (Å²) in [4.78, 5) is 48.6. The van der Waals surface area contributed by atoms with E-state index in [9.17, 15) is 19.5 Å². The Morgan fingerprint density at radius 2 is 1.83 bits per heavy atom. The van der Waals surface area contributed by atoms with Gasteiger partial charge in [-0.25, -0.2) is 0 Å². The van der Waals surface area contributed by atoms with Crippen molar-refractivity contribution in [3.8, 4) is 0 Å². The second kappa shape index (κ2) is 12.5. The van der Waals surface area contributed by atoms with E-state index in [1.165, 1.54) is 0 Å². The van der Waals surface area contributed by atoms with Crippen LogP contribution in [0.3, 0.4) is 0 Å². The van der Waals surface area contributed by atoms with E-state index in [1.807, 2.05) is 51.1 Å². The number of unbranched alkanes of at least 4 members (excludes halogenated alkanes) is 1. The SMILES string of the molecule is C=CCN(CCCC)C(=O)C1N([C@@H](CO)[C@@H](C)CC)C(=O)[C@@H]2[C@H](C(=O)N(CC=C)c3ccccc3)[C@]3(C)CCC12O3. The van der Waals surface area contributed by atoms with Gasteiger partial charge in [-0.1, -0.05) is 64.0 Å². The van der Waals surface area contributed by atoms with Gasteiger partial charge < -0.3 is 24.5 Å². The Bertz CT molecular complexity index is 1140. The van der Waals surface area contributed by atoms with Crippen molar-refractivity contribution in [2.24, 2.45) is 17.8 Å². The summed E-state index contributed by atoms with van der Waals surface area (Å²) in [6.45, 7) is 16.6. The Morgan fingerprint density at radius 1 is 1.15 bits per heavy atom. The summed E-state index contributed by atoms with van der Waals surface area (Å²) in [5, 5.41) is 10.6. The number of rotatable bonds is 14. The van der Waals surface area contributed by atoms with E-state index < -0.39 is 35.1 Å². The average molecular weight is 566 g/mol. The zero-order valence-corrected chi connectivity index (χ0v) is 25.1. The van der Waals surface area contributed by atoms with Crippen LogP contribution >= 0.6 is 0 Å². The number of carbonyl (C=O) groups excluding carboxylic acids is 3. The number of hydrogen-bond acceptors (Lipinski definition) is 5. The molecular formula is C33H47N3O5. The van der Waals surface area contributed by atoms with Crippen LogP contribution in [0.2, 0.25) is 0 Å². The maximum Gasteiger partial charge on any atom is 0.248 e. The molecule has 224 valence electrons. The summed E-state index contributed by atoms with van der Waals surface area (Å²) in [6, 6.07) is 7.89. The number of amides is 3. The number of aliphatic hydroxyl groups excluding tert-OH is 1. The highest BCUT2D eigenvalue weighted by Gasteiger charge is 2.79. The van der Waals surface area contributed by atoms with Crippen molar-refractivity contribution in [2.45, 2.75) is 83.1 Å². The van der Waals surface area contributed by atoms with Gasteiger partial charge in [-0.3, -0.25) is 14.4 Å². The van der Waals surface area contributed by atoms with E-state index in [-0.39, 0.29) is 36.8 Å². The summed E-state index contributed by atoms with van der Waals surface area (Å²) < 4.78 is 6.85. The Kier molecular flexibility index (Phi) is 9.44. The largest absolute Gasteiger partial charge is 0.394 e. The second-order valence-electron chi connectivity index (χ2n) is 12.1. The maximum absolute atomic E-state index is 14.6. The number of aliphatic hydroxyl groups is 1. The number of hydrogen-bond donors (Lipinski definition) is 1. The van der Waals surface area contributed by atoms with E-state index in [2.05, 4.69) is 20.1 Å². The Labute approximate surface area is 245 Å². The van der Waals surface area contributed by atoms with Crippen molar-refractivity contribution in [1.29, 1.82) is 0 Å². The van der Waals surface area contributed by atoms with Crippen molar-refractivity contribution in [3.63, 3.8) is 0 Å². The first kappa shape index (κ1) is 31.0. The monoisotopic (exact) mass is 565 g/mol. The third-order valence-corrected chi connectivity index (χ3v) is 9.65. The van der Waals surface area contributed by atoms with Crippen molar-refractivity contribution in [1.82, 2.24) is 9.80 Å². The zero-order valence-electron chi connectivity index (χ0n) is 25.1. The minimum Gasteiger partial charge on any atom is -0.394 e. The van der Waals surface area contributed by atoms with Crippen LogP contribution in [0.15, 0.2) is 55.6 Å². The smallest absolute Gasteiger partial charge is 0.248 e. The van der Waals surface area contributed by atoms with Gasteiger partial charge in [0.05, 0.1) is 30.1 Å². The Hall–Kier alpha value is -2.97. The van der Waals surface area contributed by atoms with Gasteiger partial charge in [-0.2, -0.15) is 0 Å². The number of ether oxygens (including phenoxy) is 1. The van der Waals surface area contributed by atoms with E-state index in [1.54, 1.807) is 26.9 Å². The van der Waals surface area contributed by atoms with Crippen LogP contribution in [0.1, 0.15) is 59.8 Å². The first-order valence-corrected chi connectivity index (χ1v) is 15.2. The molecule has 1 aromatic rings. The van der Waals surface area contributed by atoms with E-state index in [0.717, 1.165) is 24.9 Å². The Balaban J connectivity index is 1.84. The number of para-hydroxylation sites is 1. The summed E-state index contributed by atoms with van der Waals surface area (Å²) in [6.07, 6.45) is 6.90. The number of benzene rings is 1. The fourth-order valence-electron chi connectivity index (χ4n) is 7.39. The van der Waals surface area contributed by atoms with Gasteiger partial charge in [-0.05, 0) is 44.2 Å². The summed E-state index contributed by atoms with van der Waals surface area (Å²) in [5.41, 5.74) is -1.32. The molecule has 3 saturated heterocycles. The van der Waals surface area contributed by atoms with Gasteiger partial charge in [0, 0.05) is 25.3 Å². The summed E-state index contributed by atoms with van der Waals surface area (Å²) in [5.74, 6) is -2.33. The topological polar surface area (TPSA) is 90.4 Å². The van der Waals surface area contributed by atoms with Crippen molar-refractivity contribution < 1.29 is 24.2 Å². The van der Waals surface area contributed by atoms with Crippen LogP contribution in [-0.4, -0.2) is 82.2 Å². The third kappa shape index (κ3) is 5.14. The van der Waals surface area contributed by atoms with Crippen LogP contribution in [0, 0.1) is 17.8 Å². The predicted molar refractivity (Wildman–Crippen MR) is 160 cm³/mol. The normalized spacial score (nSPS) is 29.6. The minimum absolute atomic E-state index is 0.0542. The molecule has 0 aliphatic carbocycles. The molecule has 1 aromatic carbocycles. The van der Waals surface area contributed by atoms with Crippen LogP contribution in [0.25, 0.3) is 0 Å². The highest BCUT2D eigenvalue weighted by atomic mass is 16.5. The third-order valence-electron chi connectivity index (χ3n) is 9.65. The Morgan fingerprint density at radius 3 is 2.41 bits per heavy atom. The molecule has 3 amide bonds. The lowest BCUT2D eigenvalue weighted by Gasteiger charge is -2.41. The second-order valence-corrected chi connectivity index (χ2v) is 12.1. The van der Waals surface area contributed by atoms with E-state index >= 15 is 0 Å². The van der Waals surface area contributed by atoms with Gasteiger partial charge >= 0.3 is 0 Å². The molecule has 2 unspecified atom stereocenters. The van der Waals surface area contributed by atoms with Gasteiger partial charge in [0.2, 0.25) is 17.7 Å². The fraction of sp³-hybridized carbons (Fsp3) is 0.606. The lowest BCUT2D eigenvalue weighted by Crippen LogP contribution is -2.60. The van der Waals surface area contributed by atoms with Gasteiger partial charge in [0.25, 0.3) is 0 Å². The summed E-state index contributed by atoms with van der Waals surface area (Å²) >= 11 is 0. The molecule has 0 aromatic heterocycles. The first-order chi connectivity index (χ1) is 19.6. The number of carbonyl (C=O) groups is 3. The van der Waals surface area contributed by atoms with Gasteiger partial charge in [0.15, 0.2) is 0 Å². The molecular weight excluding hydrogens is 518 g/mol. The minimum atomic E-state index is -1.15. The lowest BCUT2D eigenvalue weighted by atomic mass is 9.66. The molecule has 0 radical (unpaired) electrons. The van der Waals surface area contributed by atoms with E-state index in [0.29, 0.717) is 25.9 Å². The van der Waals surface area contributed by atoms with Crippen molar-refractivity contribution in [3.05, 3.63) is 55.6 Å². The average Bonchev–Trinajstić information content (AvgIpc) is 3.54. The van der Waals surface area contributed by atoms with Crippen LogP contribution < -0.4 is 4.90 Å². The van der Waals surface area contributed by atoms with Crippen molar-refractivity contribution in [2.75, 3.05) is 31.1 Å². The van der Waals surface area contributed by atoms with Gasteiger partial charge in [-0.15, -0.1) is 13.2 Å². The molecule has 0 saturated carbocycles. The predicted octanol–water partition coefficient (Wildman–Crippen LogP) is 4.19.